The summed E-state index contributed by atoms with van der Waals surface area (Å²) in [4.78, 5) is 2.44. The molecule has 0 bridgehead atoms. The predicted molar refractivity (Wildman–Crippen MR) is 57.7 cm³/mol. The van der Waals surface area contributed by atoms with Crippen molar-refractivity contribution < 1.29 is 4.42 Å². The number of furan rings is 1. The summed E-state index contributed by atoms with van der Waals surface area (Å²) in [7, 11) is 0. The maximum atomic E-state index is 5.32. The SMILES string of the molecule is c1cc2cc(N3CCCC3)ccc2o1. The second kappa shape index (κ2) is 3.05. The van der Waals surface area contributed by atoms with Gasteiger partial charge in [-0.15, -0.1) is 0 Å². The van der Waals surface area contributed by atoms with E-state index in [1.165, 1.54) is 37.0 Å². The standard InChI is InChI=1S/C12H13NO/c1-2-7-13(6-1)11-3-4-12-10(9-11)5-8-14-12/h3-5,8-9H,1-2,6-7H2. The molecule has 72 valence electrons. The van der Waals surface area contributed by atoms with Gasteiger partial charge in [-0.2, -0.15) is 0 Å². The van der Waals surface area contributed by atoms with Crippen molar-refractivity contribution in [3.05, 3.63) is 30.5 Å². The fraction of sp³-hybridized carbons (Fsp3) is 0.333. The monoisotopic (exact) mass is 187 g/mol. The molecule has 0 atom stereocenters. The molecule has 1 aromatic heterocycles. The van der Waals surface area contributed by atoms with Crippen LogP contribution >= 0.6 is 0 Å². The van der Waals surface area contributed by atoms with E-state index in [2.05, 4.69) is 23.1 Å². The lowest BCUT2D eigenvalue weighted by molar-refractivity contribution is 0.616. The van der Waals surface area contributed by atoms with E-state index in [0.29, 0.717) is 0 Å². The molecule has 1 aliphatic heterocycles. The van der Waals surface area contributed by atoms with Crippen molar-refractivity contribution in [1.82, 2.24) is 0 Å². The molecule has 0 N–H and O–H groups in total. The van der Waals surface area contributed by atoms with Gasteiger partial charge in [0.2, 0.25) is 0 Å². The lowest BCUT2D eigenvalue weighted by Crippen LogP contribution is -2.17. The van der Waals surface area contributed by atoms with Gasteiger partial charge in [-0.1, -0.05) is 0 Å². The zero-order valence-corrected chi connectivity index (χ0v) is 8.07. The second-order valence-corrected chi connectivity index (χ2v) is 3.84. The number of nitrogens with zero attached hydrogens (tertiary/aromatic N) is 1. The van der Waals surface area contributed by atoms with Gasteiger partial charge in [0.15, 0.2) is 0 Å². The van der Waals surface area contributed by atoms with Crippen molar-refractivity contribution in [1.29, 1.82) is 0 Å². The zero-order chi connectivity index (χ0) is 9.38. The van der Waals surface area contributed by atoms with Gasteiger partial charge >= 0.3 is 0 Å². The number of fused-ring (bicyclic) bond motifs is 1. The van der Waals surface area contributed by atoms with Crippen LogP contribution in [0.1, 0.15) is 12.8 Å². The average Bonchev–Trinajstić information content (AvgIpc) is 2.88. The lowest BCUT2D eigenvalue weighted by Gasteiger charge is -2.17. The quantitative estimate of drug-likeness (QED) is 0.682. The third kappa shape index (κ3) is 1.18. The van der Waals surface area contributed by atoms with Crippen LogP contribution in [-0.4, -0.2) is 13.1 Å². The van der Waals surface area contributed by atoms with Gasteiger partial charge < -0.3 is 9.32 Å². The maximum Gasteiger partial charge on any atom is 0.133 e. The number of rotatable bonds is 1. The van der Waals surface area contributed by atoms with Gasteiger partial charge in [-0.05, 0) is 37.1 Å². The second-order valence-electron chi connectivity index (χ2n) is 3.84. The number of hydrogen-bond acceptors (Lipinski definition) is 2. The van der Waals surface area contributed by atoms with E-state index < -0.39 is 0 Å². The van der Waals surface area contributed by atoms with E-state index in [1.807, 2.05) is 6.07 Å². The topological polar surface area (TPSA) is 16.4 Å². The third-order valence-corrected chi connectivity index (χ3v) is 2.91. The van der Waals surface area contributed by atoms with E-state index in [-0.39, 0.29) is 0 Å². The maximum absolute atomic E-state index is 5.32. The van der Waals surface area contributed by atoms with E-state index in [1.54, 1.807) is 6.26 Å². The first-order chi connectivity index (χ1) is 6.93. The van der Waals surface area contributed by atoms with Crippen molar-refractivity contribution >= 4 is 16.7 Å². The summed E-state index contributed by atoms with van der Waals surface area (Å²) in [5.41, 5.74) is 2.31. The van der Waals surface area contributed by atoms with Crippen molar-refractivity contribution in [2.75, 3.05) is 18.0 Å². The van der Waals surface area contributed by atoms with Crippen LogP contribution in [0.5, 0.6) is 0 Å². The summed E-state index contributed by atoms with van der Waals surface area (Å²) >= 11 is 0. The molecule has 0 aliphatic carbocycles. The Morgan fingerprint density at radius 1 is 1.07 bits per heavy atom. The van der Waals surface area contributed by atoms with Crippen LogP contribution in [0.25, 0.3) is 11.0 Å². The molecule has 3 rings (SSSR count). The molecule has 0 saturated carbocycles. The van der Waals surface area contributed by atoms with Crippen LogP contribution in [0.3, 0.4) is 0 Å². The molecule has 2 heteroatoms. The van der Waals surface area contributed by atoms with Crippen molar-refractivity contribution in [3.63, 3.8) is 0 Å². The fourth-order valence-corrected chi connectivity index (χ4v) is 2.13. The fourth-order valence-electron chi connectivity index (χ4n) is 2.13. The molecule has 1 aliphatic rings. The molecular weight excluding hydrogens is 174 g/mol. The molecule has 1 saturated heterocycles. The first-order valence-corrected chi connectivity index (χ1v) is 5.16. The van der Waals surface area contributed by atoms with Crippen LogP contribution in [0.2, 0.25) is 0 Å². The van der Waals surface area contributed by atoms with Crippen molar-refractivity contribution in [3.8, 4) is 0 Å². The minimum atomic E-state index is 0.980. The average molecular weight is 187 g/mol. The lowest BCUT2D eigenvalue weighted by atomic mass is 10.2. The molecule has 1 aromatic carbocycles. The van der Waals surface area contributed by atoms with Gasteiger partial charge in [-0.25, -0.2) is 0 Å². The molecule has 1 fully saturated rings. The summed E-state index contributed by atoms with van der Waals surface area (Å²) in [6.07, 6.45) is 4.39. The Morgan fingerprint density at radius 3 is 2.79 bits per heavy atom. The minimum absolute atomic E-state index is 0.980. The summed E-state index contributed by atoms with van der Waals surface area (Å²) in [6.45, 7) is 2.40. The van der Waals surface area contributed by atoms with E-state index in [9.17, 15) is 0 Å². The van der Waals surface area contributed by atoms with Gasteiger partial charge in [0.1, 0.15) is 5.58 Å². The summed E-state index contributed by atoms with van der Waals surface area (Å²) in [5, 5.41) is 1.20. The van der Waals surface area contributed by atoms with Crippen LogP contribution in [0.15, 0.2) is 34.9 Å². The molecule has 2 nitrogen and oxygen atoms in total. The molecule has 0 radical (unpaired) electrons. The van der Waals surface area contributed by atoms with Gasteiger partial charge in [0.25, 0.3) is 0 Å². The number of anilines is 1. The Morgan fingerprint density at radius 2 is 1.93 bits per heavy atom. The van der Waals surface area contributed by atoms with E-state index >= 15 is 0 Å². The highest BCUT2D eigenvalue weighted by Gasteiger charge is 2.12. The molecule has 2 heterocycles. The minimum Gasteiger partial charge on any atom is -0.464 e. The molecule has 0 amide bonds. The predicted octanol–water partition coefficient (Wildman–Crippen LogP) is 3.03. The van der Waals surface area contributed by atoms with Crippen LogP contribution < -0.4 is 4.90 Å². The highest BCUT2D eigenvalue weighted by atomic mass is 16.3. The largest absolute Gasteiger partial charge is 0.464 e. The Kier molecular flexibility index (Phi) is 1.72. The Bertz CT molecular complexity index is 440. The number of benzene rings is 1. The van der Waals surface area contributed by atoms with E-state index in [0.717, 1.165) is 5.58 Å². The van der Waals surface area contributed by atoms with Crippen molar-refractivity contribution in [2.24, 2.45) is 0 Å². The smallest absolute Gasteiger partial charge is 0.133 e. The Labute approximate surface area is 83.1 Å². The molecule has 0 unspecified atom stereocenters. The first-order valence-electron chi connectivity index (χ1n) is 5.16. The highest BCUT2D eigenvalue weighted by molar-refractivity contribution is 5.81. The third-order valence-electron chi connectivity index (χ3n) is 2.91. The Hall–Kier alpha value is -1.44. The van der Waals surface area contributed by atoms with Crippen molar-refractivity contribution in [2.45, 2.75) is 12.8 Å². The van der Waals surface area contributed by atoms with E-state index in [4.69, 9.17) is 4.42 Å². The van der Waals surface area contributed by atoms with Crippen LogP contribution in [0.4, 0.5) is 5.69 Å². The Balaban J connectivity index is 2.04. The number of hydrogen-bond donors (Lipinski definition) is 0. The first kappa shape index (κ1) is 7.92. The van der Waals surface area contributed by atoms with Crippen LogP contribution in [0, 0.1) is 0 Å². The normalized spacial score (nSPS) is 16.7. The molecule has 0 spiro atoms. The highest BCUT2D eigenvalue weighted by Crippen LogP contribution is 2.25. The van der Waals surface area contributed by atoms with Gasteiger partial charge in [-0.3, -0.25) is 0 Å². The molecule has 2 aromatic rings. The summed E-state index contributed by atoms with van der Waals surface area (Å²) < 4.78 is 5.32. The van der Waals surface area contributed by atoms with Gasteiger partial charge in [0.05, 0.1) is 6.26 Å². The summed E-state index contributed by atoms with van der Waals surface area (Å²) in [6, 6.07) is 8.44. The molecule has 14 heavy (non-hydrogen) atoms. The molecular formula is C12H13NO. The van der Waals surface area contributed by atoms with Crippen LogP contribution in [-0.2, 0) is 0 Å². The zero-order valence-electron chi connectivity index (χ0n) is 8.07. The van der Waals surface area contributed by atoms with Gasteiger partial charge in [0, 0.05) is 24.2 Å². The summed E-state index contributed by atoms with van der Waals surface area (Å²) in [5.74, 6) is 0.